The van der Waals surface area contributed by atoms with E-state index in [9.17, 15) is 4.79 Å². The minimum atomic E-state index is -0.296. The number of rotatable bonds is 5. The van der Waals surface area contributed by atoms with E-state index in [1.165, 1.54) is 38.5 Å². The van der Waals surface area contributed by atoms with E-state index in [1.54, 1.807) is 36.4 Å². The largest absolute Gasteiger partial charge is 0.462 e. The second kappa shape index (κ2) is 7.04. The van der Waals surface area contributed by atoms with E-state index in [0.29, 0.717) is 17.9 Å². The van der Waals surface area contributed by atoms with Crippen molar-refractivity contribution in [3.8, 4) is 12.1 Å². The number of ether oxygens (including phenoxy) is 1. The fourth-order valence-electron chi connectivity index (χ4n) is 5.65. The summed E-state index contributed by atoms with van der Waals surface area (Å²) in [6.45, 7) is 0.535. The zero-order valence-corrected chi connectivity index (χ0v) is 15.1. The van der Waals surface area contributed by atoms with Gasteiger partial charge >= 0.3 is 5.97 Å². The highest BCUT2D eigenvalue weighted by Crippen LogP contribution is 2.60. The van der Waals surface area contributed by atoms with E-state index in [2.05, 4.69) is 10.5 Å². The van der Waals surface area contributed by atoms with Gasteiger partial charge in [0.05, 0.1) is 17.9 Å². The molecule has 0 spiro atoms. The summed E-state index contributed by atoms with van der Waals surface area (Å²) in [4.78, 5) is 12.5. The molecular weight excluding hydrogens is 340 g/mol. The summed E-state index contributed by atoms with van der Waals surface area (Å²) in [5, 5.41) is 21.0. The fraction of sp³-hybridized carbons (Fsp3) is 0.524. The van der Waals surface area contributed by atoms with Crippen molar-refractivity contribution in [1.82, 2.24) is 0 Å². The summed E-state index contributed by atoms with van der Waals surface area (Å²) < 4.78 is 5.71. The van der Waals surface area contributed by atoms with Crippen LogP contribution in [0.2, 0.25) is 0 Å². The predicted molar refractivity (Wildman–Crippen MR) is 99.6 cm³/mol. The molecule has 0 atom stereocenters. The molecule has 0 radical (unpaired) electrons. The lowest BCUT2D eigenvalue weighted by Crippen LogP contribution is -2.48. The third-order valence-corrected chi connectivity index (χ3v) is 6.30. The maximum Gasteiger partial charge on any atom is 0.338 e. The second-order valence-corrected chi connectivity index (χ2v) is 8.37. The quantitative estimate of drug-likeness (QED) is 0.487. The number of nitriles is 2. The molecule has 0 heterocycles. The third-order valence-electron chi connectivity index (χ3n) is 6.30. The summed E-state index contributed by atoms with van der Waals surface area (Å²) in [5.41, 5.74) is 3.67. The van der Waals surface area contributed by atoms with E-state index in [1.807, 2.05) is 0 Å². The number of esters is 1. The van der Waals surface area contributed by atoms with Gasteiger partial charge in [-0.3, -0.25) is 5.43 Å². The molecule has 4 aliphatic rings. The first-order valence-corrected chi connectivity index (χ1v) is 9.50. The molecule has 0 amide bonds. The lowest BCUT2D eigenvalue weighted by Gasteiger charge is -2.56. The first-order chi connectivity index (χ1) is 13.1. The molecule has 4 bridgehead atoms. The predicted octanol–water partition coefficient (Wildman–Crippen LogP) is 3.87. The van der Waals surface area contributed by atoms with Crippen LogP contribution >= 0.6 is 0 Å². The molecule has 0 aromatic heterocycles. The smallest absolute Gasteiger partial charge is 0.338 e. The summed E-state index contributed by atoms with van der Waals surface area (Å²) >= 11 is 0. The van der Waals surface area contributed by atoms with Crippen LogP contribution in [0.15, 0.2) is 29.4 Å². The topological polar surface area (TPSA) is 98.3 Å². The number of hydrogen-bond donors (Lipinski definition) is 1. The van der Waals surface area contributed by atoms with Crippen molar-refractivity contribution in [3.63, 3.8) is 0 Å². The Labute approximate surface area is 158 Å². The van der Waals surface area contributed by atoms with Crippen LogP contribution in [0.4, 0.5) is 5.69 Å². The summed E-state index contributed by atoms with van der Waals surface area (Å²) in [5.74, 6) is 2.23. The van der Waals surface area contributed by atoms with Gasteiger partial charge in [-0.2, -0.15) is 15.6 Å². The summed E-state index contributed by atoms with van der Waals surface area (Å²) in [6.07, 6.45) is 7.78. The molecule has 6 heteroatoms. The Morgan fingerprint density at radius 1 is 1.07 bits per heavy atom. The Balaban J connectivity index is 1.35. The minimum absolute atomic E-state index is 0.214. The average Bonchev–Trinajstić information content (AvgIpc) is 2.66. The lowest BCUT2D eigenvalue weighted by molar-refractivity contribution is -0.0848. The lowest BCUT2D eigenvalue weighted by atomic mass is 9.50. The van der Waals surface area contributed by atoms with E-state index < -0.39 is 0 Å². The molecule has 1 N–H and O–H groups in total. The average molecular weight is 362 g/mol. The zero-order chi connectivity index (χ0) is 18.9. The van der Waals surface area contributed by atoms with Gasteiger partial charge in [0.2, 0.25) is 5.71 Å². The van der Waals surface area contributed by atoms with Crippen LogP contribution in [0.25, 0.3) is 0 Å². The monoisotopic (exact) mass is 362 g/mol. The maximum atomic E-state index is 12.5. The molecule has 138 valence electrons. The van der Waals surface area contributed by atoms with Gasteiger partial charge in [0.15, 0.2) is 0 Å². The molecule has 0 unspecified atom stereocenters. The van der Waals surface area contributed by atoms with Crippen molar-refractivity contribution in [1.29, 1.82) is 10.5 Å². The number of anilines is 1. The number of nitrogens with zero attached hydrogens (tertiary/aromatic N) is 3. The van der Waals surface area contributed by atoms with E-state index >= 15 is 0 Å². The molecule has 0 saturated heterocycles. The Bertz CT molecular complexity index is 793. The van der Waals surface area contributed by atoms with Gasteiger partial charge in [0.25, 0.3) is 0 Å². The van der Waals surface area contributed by atoms with Crippen molar-refractivity contribution in [2.75, 3.05) is 12.0 Å². The molecule has 0 aliphatic heterocycles. The molecule has 6 nitrogen and oxygen atoms in total. The van der Waals surface area contributed by atoms with Crippen LogP contribution in [0, 0.1) is 45.8 Å². The molecule has 1 aromatic carbocycles. The van der Waals surface area contributed by atoms with Gasteiger partial charge in [-0.15, -0.1) is 0 Å². The Morgan fingerprint density at radius 2 is 1.63 bits per heavy atom. The van der Waals surface area contributed by atoms with Crippen molar-refractivity contribution < 1.29 is 9.53 Å². The van der Waals surface area contributed by atoms with Crippen LogP contribution in [0.3, 0.4) is 0 Å². The Hall–Kier alpha value is -2.86. The highest BCUT2D eigenvalue weighted by Gasteiger charge is 2.51. The van der Waals surface area contributed by atoms with Crippen LogP contribution in [-0.4, -0.2) is 18.3 Å². The van der Waals surface area contributed by atoms with Crippen LogP contribution in [0.5, 0.6) is 0 Å². The third kappa shape index (κ3) is 3.66. The minimum Gasteiger partial charge on any atom is -0.462 e. The van der Waals surface area contributed by atoms with Crippen molar-refractivity contribution in [3.05, 3.63) is 29.8 Å². The Morgan fingerprint density at radius 3 is 2.15 bits per heavy atom. The molecule has 27 heavy (non-hydrogen) atoms. The van der Waals surface area contributed by atoms with E-state index in [0.717, 1.165) is 17.8 Å². The van der Waals surface area contributed by atoms with Gasteiger partial charge < -0.3 is 4.74 Å². The molecule has 4 saturated carbocycles. The summed E-state index contributed by atoms with van der Waals surface area (Å²) in [7, 11) is 0. The summed E-state index contributed by atoms with van der Waals surface area (Å²) in [6, 6.07) is 10.0. The number of carbonyl (C=O) groups is 1. The molecular formula is C21H22N4O2. The van der Waals surface area contributed by atoms with Crippen molar-refractivity contribution >= 4 is 17.4 Å². The molecule has 1 aromatic rings. The van der Waals surface area contributed by atoms with Crippen LogP contribution in [-0.2, 0) is 4.74 Å². The van der Waals surface area contributed by atoms with Gasteiger partial charge in [-0.25, -0.2) is 4.79 Å². The normalized spacial score (nSPS) is 30.1. The number of hydrazone groups is 1. The van der Waals surface area contributed by atoms with E-state index in [-0.39, 0.29) is 17.1 Å². The van der Waals surface area contributed by atoms with Gasteiger partial charge in [-0.05, 0) is 80.5 Å². The van der Waals surface area contributed by atoms with Crippen LogP contribution in [0.1, 0.15) is 48.9 Å². The maximum absolute atomic E-state index is 12.5. The number of carbonyl (C=O) groups excluding carboxylic acids is 1. The Kier molecular flexibility index (Phi) is 4.58. The molecule has 4 aliphatic carbocycles. The highest BCUT2D eigenvalue weighted by atomic mass is 16.5. The molecule has 4 fully saturated rings. The van der Waals surface area contributed by atoms with Gasteiger partial charge in [0.1, 0.15) is 12.1 Å². The first-order valence-electron chi connectivity index (χ1n) is 9.50. The highest BCUT2D eigenvalue weighted by molar-refractivity contribution is 6.10. The second-order valence-electron chi connectivity index (χ2n) is 8.37. The first kappa shape index (κ1) is 17.5. The number of hydrogen-bond acceptors (Lipinski definition) is 6. The van der Waals surface area contributed by atoms with Gasteiger partial charge in [0, 0.05) is 5.41 Å². The SMILES string of the molecule is N#CC(C#N)=NNc1ccc(C(=O)OCC23CC4CC(CC(C4)C2)C3)cc1. The standard InChI is InChI=1S/C21H22N4O2/c22-11-19(12-23)25-24-18-3-1-17(2-4-18)20(26)27-13-21-8-14-5-15(9-21)7-16(6-14)10-21/h1-4,14-16,24H,5-10,13H2. The van der Waals surface area contributed by atoms with Crippen LogP contribution < -0.4 is 5.43 Å². The molecule has 5 rings (SSSR count). The van der Waals surface area contributed by atoms with Crippen molar-refractivity contribution in [2.24, 2.45) is 28.3 Å². The fourth-order valence-corrected chi connectivity index (χ4v) is 5.65. The van der Waals surface area contributed by atoms with Crippen molar-refractivity contribution in [2.45, 2.75) is 38.5 Å². The zero-order valence-electron chi connectivity index (χ0n) is 15.1. The number of nitrogens with one attached hydrogen (secondary N) is 1. The van der Waals surface area contributed by atoms with Gasteiger partial charge in [-0.1, -0.05) is 0 Å². The van der Waals surface area contributed by atoms with E-state index in [4.69, 9.17) is 15.3 Å². The number of benzene rings is 1.